The van der Waals surface area contributed by atoms with E-state index in [1.54, 1.807) is 0 Å². The molecule has 0 aliphatic carbocycles. The first-order valence-corrected chi connectivity index (χ1v) is 9.83. The summed E-state index contributed by atoms with van der Waals surface area (Å²) in [4.78, 5) is 0. The van der Waals surface area contributed by atoms with Crippen molar-refractivity contribution in [2.45, 2.75) is 13.5 Å². The van der Waals surface area contributed by atoms with E-state index in [0.717, 1.165) is 27.0 Å². The van der Waals surface area contributed by atoms with Gasteiger partial charge in [-0.25, -0.2) is 0 Å². The second-order valence-electron chi connectivity index (χ2n) is 5.94. The number of aryl methyl sites for hydroxylation is 1. The number of hydrogen-bond donors (Lipinski definition) is 1. The lowest BCUT2D eigenvalue weighted by Gasteiger charge is -2.23. The third kappa shape index (κ3) is 3.08. The summed E-state index contributed by atoms with van der Waals surface area (Å²) in [7, 11) is -0.994. The molecule has 0 aliphatic rings. The van der Waals surface area contributed by atoms with Crippen LogP contribution in [0.15, 0.2) is 78.9 Å². The Labute approximate surface area is 143 Å². The first-order chi connectivity index (χ1) is 11.7. The average Bonchev–Trinajstić information content (AvgIpc) is 2.64. The number of nitrogens with one attached hydrogen (secondary N) is 1. The van der Waals surface area contributed by atoms with E-state index in [2.05, 4.69) is 23.5 Å². The van der Waals surface area contributed by atoms with E-state index in [1.165, 1.54) is 0 Å². The molecule has 1 N–H and O–H groups in total. The molecule has 3 aromatic carbocycles. The molecule has 0 atom stereocenters. The molecule has 122 valence electrons. The summed E-state index contributed by atoms with van der Waals surface area (Å²) in [5.74, 6) is 0. The first-order valence-electron chi connectivity index (χ1n) is 8.12. The second kappa shape index (κ2) is 7.17. The number of benzene rings is 3. The fourth-order valence-corrected chi connectivity index (χ4v) is 5.99. The second-order valence-corrected chi connectivity index (χ2v) is 8.68. The highest BCUT2D eigenvalue weighted by molar-refractivity contribution is 7.85. The highest BCUT2D eigenvalue weighted by Crippen LogP contribution is 2.43. The van der Waals surface area contributed by atoms with Crippen LogP contribution in [0.25, 0.3) is 0 Å². The quantitative estimate of drug-likeness (QED) is 0.725. The lowest BCUT2D eigenvalue weighted by Crippen LogP contribution is -2.29. The van der Waals surface area contributed by atoms with E-state index in [9.17, 15) is 4.57 Å². The van der Waals surface area contributed by atoms with Crippen LogP contribution in [0.1, 0.15) is 11.1 Å². The van der Waals surface area contributed by atoms with Crippen LogP contribution in [0, 0.1) is 6.92 Å². The van der Waals surface area contributed by atoms with Gasteiger partial charge in [0.1, 0.15) is 0 Å². The third-order valence-electron chi connectivity index (χ3n) is 4.19. The van der Waals surface area contributed by atoms with Crippen molar-refractivity contribution in [3.63, 3.8) is 0 Å². The maximum absolute atomic E-state index is 14.4. The SMILES string of the molecule is CNCc1ccc(C)cc1P(=O)(c1ccccc1)c1ccccc1. The molecule has 0 bridgehead atoms. The summed E-state index contributed by atoms with van der Waals surface area (Å²) in [6.07, 6.45) is 0. The van der Waals surface area contributed by atoms with Gasteiger partial charge in [-0.3, -0.25) is 0 Å². The predicted molar refractivity (Wildman–Crippen MR) is 103 cm³/mol. The van der Waals surface area contributed by atoms with Crippen molar-refractivity contribution < 1.29 is 4.57 Å². The topological polar surface area (TPSA) is 29.1 Å². The van der Waals surface area contributed by atoms with Crippen LogP contribution < -0.4 is 21.2 Å². The third-order valence-corrected chi connectivity index (χ3v) is 7.33. The van der Waals surface area contributed by atoms with Gasteiger partial charge in [0, 0.05) is 22.5 Å². The molecular formula is C21H22NOP. The van der Waals surface area contributed by atoms with Crippen LogP contribution in [0.2, 0.25) is 0 Å². The van der Waals surface area contributed by atoms with Crippen molar-refractivity contribution in [1.82, 2.24) is 5.32 Å². The fraction of sp³-hybridized carbons (Fsp3) is 0.143. The molecule has 3 rings (SSSR count). The number of hydrogen-bond acceptors (Lipinski definition) is 2. The zero-order valence-electron chi connectivity index (χ0n) is 14.1. The van der Waals surface area contributed by atoms with Crippen LogP contribution in [-0.2, 0) is 11.1 Å². The van der Waals surface area contributed by atoms with Gasteiger partial charge in [0.2, 0.25) is 0 Å². The van der Waals surface area contributed by atoms with Gasteiger partial charge in [0.15, 0.2) is 7.14 Å². The van der Waals surface area contributed by atoms with Crippen molar-refractivity contribution >= 4 is 23.1 Å². The van der Waals surface area contributed by atoms with Crippen LogP contribution in [-0.4, -0.2) is 7.05 Å². The Hall–Kier alpha value is -2.15. The van der Waals surface area contributed by atoms with Crippen LogP contribution in [0.4, 0.5) is 0 Å². The van der Waals surface area contributed by atoms with E-state index in [4.69, 9.17) is 0 Å². The van der Waals surface area contributed by atoms with Crippen molar-refractivity contribution in [2.75, 3.05) is 7.05 Å². The molecule has 0 aliphatic heterocycles. The van der Waals surface area contributed by atoms with Gasteiger partial charge in [-0.1, -0.05) is 78.4 Å². The van der Waals surface area contributed by atoms with Crippen molar-refractivity contribution in [3.05, 3.63) is 90.0 Å². The highest BCUT2D eigenvalue weighted by atomic mass is 31.2. The molecule has 24 heavy (non-hydrogen) atoms. The van der Waals surface area contributed by atoms with E-state index in [-0.39, 0.29) is 0 Å². The normalized spacial score (nSPS) is 11.4. The Kier molecular flexibility index (Phi) is 4.99. The molecule has 3 heteroatoms. The van der Waals surface area contributed by atoms with Gasteiger partial charge >= 0.3 is 0 Å². The van der Waals surface area contributed by atoms with Gasteiger partial charge in [-0.2, -0.15) is 0 Å². The monoisotopic (exact) mass is 335 g/mol. The van der Waals surface area contributed by atoms with Crippen LogP contribution >= 0.6 is 7.14 Å². The molecule has 0 saturated carbocycles. The Morgan fingerprint density at radius 2 is 1.38 bits per heavy atom. The predicted octanol–water partition coefficient (Wildman–Crippen LogP) is 3.35. The Morgan fingerprint density at radius 3 is 1.88 bits per heavy atom. The molecule has 2 nitrogen and oxygen atoms in total. The summed E-state index contributed by atoms with van der Waals surface area (Å²) < 4.78 is 14.4. The molecule has 0 aromatic heterocycles. The van der Waals surface area contributed by atoms with Gasteiger partial charge in [-0.15, -0.1) is 0 Å². The van der Waals surface area contributed by atoms with E-state index in [0.29, 0.717) is 6.54 Å². The van der Waals surface area contributed by atoms with E-state index >= 15 is 0 Å². The molecule has 0 unspecified atom stereocenters. The first kappa shape index (κ1) is 16.7. The van der Waals surface area contributed by atoms with Gasteiger partial charge in [0.25, 0.3) is 0 Å². The van der Waals surface area contributed by atoms with Gasteiger partial charge in [0.05, 0.1) is 0 Å². The summed E-state index contributed by atoms with van der Waals surface area (Å²) in [5.41, 5.74) is 2.20. The Bertz CT molecular complexity index is 816. The minimum atomic E-state index is -2.91. The molecular weight excluding hydrogens is 313 g/mol. The minimum absolute atomic E-state index is 0.694. The van der Waals surface area contributed by atoms with E-state index in [1.807, 2.05) is 74.6 Å². The largest absolute Gasteiger partial charge is 0.316 e. The lowest BCUT2D eigenvalue weighted by molar-refractivity contribution is 0.592. The molecule has 0 fully saturated rings. The minimum Gasteiger partial charge on any atom is -0.316 e. The molecule has 0 saturated heterocycles. The summed E-state index contributed by atoms with van der Waals surface area (Å²) in [6, 6.07) is 25.9. The molecule has 0 amide bonds. The maximum Gasteiger partial charge on any atom is 0.171 e. The zero-order chi connectivity index (χ0) is 17.0. The smallest absolute Gasteiger partial charge is 0.171 e. The molecule has 0 heterocycles. The fourth-order valence-electron chi connectivity index (χ4n) is 3.01. The Balaban J connectivity index is 2.32. The molecule has 0 radical (unpaired) electrons. The summed E-state index contributed by atoms with van der Waals surface area (Å²) in [6.45, 7) is 2.74. The highest BCUT2D eigenvalue weighted by Gasteiger charge is 2.31. The van der Waals surface area contributed by atoms with Crippen LogP contribution in [0.3, 0.4) is 0 Å². The maximum atomic E-state index is 14.4. The lowest BCUT2D eigenvalue weighted by atomic mass is 10.1. The Morgan fingerprint density at radius 1 is 0.833 bits per heavy atom. The summed E-state index contributed by atoms with van der Waals surface area (Å²) >= 11 is 0. The standard InChI is InChI=1S/C21H22NOP/c1-17-13-14-18(16-22-2)21(15-17)24(23,19-9-5-3-6-10-19)20-11-7-4-8-12-20/h3-15,22H,16H2,1-2H3. The number of rotatable bonds is 5. The van der Waals surface area contributed by atoms with Crippen molar-refractivity contribution in [3.8, 4) is 0 Å². The molecule has 0 spiro atoms. The zero-order valence-corrected chi connectivity index (χ0v) is 15.0. The van der Waals surface area contributed by atoms with Crippen molar-refractivity contribution in [2.24, 2.45) is 0 Å². The van der Waals surface area contributed by atoms with Crippen LogP contribution in [0.5, 0.6) is 0 Å². The van der Waals surface area contributed by atoms with E-state index < -0.39 is 7.14 Å². The summed E-state index contributed by atoms with van der Waals surface area (Å²) in [5, 5.41) is 5.87. The van der Waals surface area contributed by atoms with Gasteiger partial charge < -0.3 is 9.88 Å². The average molecular weight is 335 g/mol. The van der Waals surface area contributed by atoms with Crippen molar-refractivity contribution in [1.29, 1.82) is 0 Å². The molecule has 3 aromatic rings. The van der Waals surface area contributed by atoms with Gasteiger partial charge in [-0.05, 0) is 25.6 Å².